The third-order valence-electron chi connectivity index (χ3n) is 1.62. The van der Waals surface area contributed by atoms with Crippen molar-refractivity contribution in [2.24, 2.45) is 0 Å². The molecule has 0 saturated carbocycles. The monoisotopic (exact) mass is 142 g/mol. The summed E-state index contributed by atoms with van der Waals surface area (Å²) in [5, 5.41) is 2.07. The number of nitrogens with one attached hydrogen (secondary N) is 1. The smallest absolute Gasteiger partial charge is 0.0257 e. The van der Waals surface area contributed by atoms with E-state index in [1.807, 2.05) is 14.0 Å². The van der Waals surface area contributed by atoms with Gasteiger partial charge in [0.25, 0.3) is 0 Å². The van der Waals surface area contributed by atoms with Gasteiger partial charge in [-0.25, -0.2) is 5.01 Å². The van der Waals surface area contributed by atoms with Gasteiger partial charge < -0.3 is 5.43 Å². The van der Waals surface area contributed by atoms with Crippen molar-refractivity contribution in [3.8, 4) is 0 Å². The number of hydrazine groups is 1. The fourth-order valence-electron chi connectivity index (χ4n) is 0.685. The average molecular weight is 142 g/mol. The molecule has 0 aliphatic rings. The predicted molar refractivity (Wildman–Crippen MR) is 45.5 cm³/mol. The van der Waals surface area contributed by atoms with Crippen LogP contribution < -0.4 is 5.43 Å². The van der Waals surface area contributed by atoms with E-state index >= 15 is 0 Å². The van der Waals surface area contributed by atoms with Crippen molar-refractivity contribution in [1.82, 2.24) is 10.4 Å². The maximum atomic E-state index is 3.76. The summed E-state index contributed by atoms with van der Waals surface area (Å²) < 4.78 is 0. The van der Waals surface area contributed by atoms with Crippen LogP contribution in [0.2, 0.25) is 0 Å². The van der Waals surface area contributed by atoms with E-state index in [4.69, 9.17) is 0 Å². The summed E-state index contributed by atoms with van der Waals surface area (Å²) in [6, 6.07) is 0.566. The van der Waals surface area contributed by atoms with Gasteiger partial charge in [-0.1, -0.05) is 13.5 Å². The van der Waals surface area contributed by atoms with Gasteiger partial charge in [-0.2, -0.15) is 0 Å². The summed E-state index contributed by atoms with van der Waals surface area (Å²) in [6.07, 6.45) is 1.15. The van der Waals surface area contributed by atoms with E-state index in [9.17, 15) is 0 Å². The van der Waals surface area contributed by atoms with Crippen molar-refractivity contribution in [2.45, 2.75) is 33.2 Å². The highest BCUT2D eigenvalue weighted by atomic mass is 15.5. The van der Waals surface area contributed by atoms with Crippen molar-refractivity contribution in [2.75, 3.05) is 7.05 Å². The first-order valence-corrected chi connectivity index (χ1v) is 3.73. The molecule has 0 saturated heterocycles. The highest BCUT2D eigenvalue weighted by Gasteiger charge is 2.03. The van der Waals surface area contributed by atoms with Crippen LogP contribution in [0.5, 0.6) is 0 Å². The van der Waals surface area contributed by atoms with Crippen molar-refractivity contribution in [1.29, 1.82) is 0 Å². The Kier molecular flexibility index (Phi) is 4.12. The Hall–Kier alpha value is -0.500. The number of rotatable bonds is 4. The molecule has 0 aromatic carbocycles. The fraction of sp³-hybridized carbons (Fsp3) is 0.750. The van der Waals surface area contributed by atoms with Crippen LogP contribution in [0.15, 0.2) is 12.3 Å². The van der Waals surface area contributed by atoms with Gasteiger partial charge in [0.2, 0.25) is 0 Å². The van der Waals surface area contributed by atoms with Gasteiger partial charge in [-0.05, 0) is 20.3 Å². The number of hydrogen-bond acceptors (Lipinski definition) is 2. The zero-order valence-corrected chi connectivity index (χ0v) is 7.44. The third-order valence-corrected chi connectivity index (χ3v) is 1.62. The molecule has 0 rings (SSSR count). The summed E-state index contributed by atoms with van der Waals surface area (Å²) >= 11 is 0. The van der Waals surface area contributed by atoms with Crippen molar-refractivity contribution in [3.63, 3.8) is 0 Å². The minimum Gasteiger partial charge on any atom is -0.324 e. The zero-order valence-electron chi connectivity index (χ0n) is 7.44. The standard InChI is InChI=1S/C8H18N2/c1-6-8(4)10(5)9-7(2)3/h8-9H,2,6H2,1,3-5H3. The van der Waals surface area contributed by atoms with Gasteiger partial charge >= 0.3 is 0 Å². The second-order valence-electron chi connectivity index (χ2n) is 2.76. The quantitative estimate of drug-likeness (QED) is 0.602. The molecule has 1 N–H and O–H groups in total. The molecule has 0 aliphatic carbocycles. The summed E-state index contributed by atoms with van der Waals surface area (Å²) in [5.74, 6) is 0. The molecule has 10 heavy (non-hydrogen) atoms. The molecule has 0 radical (unpaired) electrons. The first kappa shape index (κ1) is 9.50. The molecule has 0 amide bonds. The van der Waals surface area contributed by atoms with Crippen LogP contribution in [0.3, 0.4) is 0 Å². The maximum Gasteiger partial charge on any atom is 0.0257 e. The summed E-state index contributed by atoms with van der Waals surface area (Å²) in [5.41, 5.74) is 4.12. The lowest BCUT2D eigenvalue weighted by Gasteiger charge is -2.25. The molecule has 0 aromatic rings. The van der Waals surface area contributed by atoms with E-state index in [-0.39, 0.29) is 0 Å². The van der Waals surface area contributed by atoms with Gasteiger partial charge in [-0.3, -0.25) is 0 Å². The summed E-state index contributed by atoms with van der Waals surface area (Å²) in [4.78, 5) is 0. The topological polar surface area (TPSA) is 15.3 Å². The minimum atomic E-state index is 0.566. The first-order valence-electron chi connectivity index (χ1n) is 3.73. The number of allylic oxidation sites excluding steroid dienone is 1. The van der Waals surface area contributed by atoms with Gasteiger partial charge in [0.1, 0.15) is 0 Å². The predicted octanol–water partition coefficient (Wildman–Crippen LogP) is 1.75. The number of hydrogen-bond donors (Lipinski definition) is 1. The van der Waals surface area contributed by atoms with Gasteiger partial charge in [0.15, 0.2) is 0 Å². The Labute approximate surface area is 63.9 Å². The molecule has 60 valence electrons. The van der Waals surface area contributed by atoms with E-state index in [2.05, 4.69) is 30.9 Å². The average Bonchev–Trinajstić information content (AvgIpc) is 1.85. The Morgan fingerprint density at radius 2 is 2.20 bits per heavy atom. The van der Waals surface area contributed by atoms with Gasteiger partial charge in [-0.15, -0.1) is 0 Å². The lowest BCUT2D eigenvalue weighted by Crippen LogP contribution is -2.39. The van der Waals surface area contributed by atoms with Crippen LogP contribution in [0, 0.1) is 0 Å². The Morgan fingerprint density at radius 3 is 2.50 bits per heavy atom. The van der Waals surface area contributed by atoms with Crippen LogP contribution >= 0.6 is 0 Å². The summed E-state index contributed by atoms with van der Waals surface area (Å²) in [6.45, 7) is 10.1. The van der Waals surface area contributed by atoms with Crippen molar-refractivity contribution in [3.05, 3.63) is 12.3 Å². The molecular weight excluding hydrogens is 124 g/mol. The van der Waals surface area contributed by atoms with Crippen LogP contribution in [-0.4, -0.2) is 18.1 Å². The molecule has 0 bridgehead atoms. The van der Waals surface area contributed by atoms with Crippen molar-refractivity contribution >= 4 is 0 Å². The molecule has 0 fully saturated rings. The molecule has 0 spiro atoms. The largest absolute Gasteiger partial charge is 0.324 e. The van der Waals surface area contributed by atoms with Gasteiger partial charge in [0.05, 0.1) is 0 Å². The highest BCUT2D eigenvalue weighted by Crippen LogP contribution is 1.97. The maximum absolute atomic E-state index is 3.76. The lowest BCUT2D eigenvalue weighted by molar-refractivity contribution is 0.194. The van der Waals surface area contributed by atoms with Gasteiger partial charge in [0, 0.05) is 18.8 Å². The van der Waals surface area contributed by atoms with Crippen LogP contribution in [0.1, 0.15) is 27.2 Å². The normalized spacial score (nSPS) is 13.3. The molecule has 1 atom stereocenters. The van der Waals surface area contributed by atoms with E-state index < -0.39 is 0 Å². The van der Waals surface area contributed by atoms with Crippen LogP contribution in [-0.2, 0) is 0 Å². The molecule has 0 aromatic heterocycles. The Morgan fingerprint density at radius 1 is 1.70 bits per heavy atom. The van der Waals surface area contributed by atoms with Crippen molar-refractivity contribution < 1.29 is 0 Å². The molecule has 2 nitrogen and oxygen atoms in total. The lowest BCUT2D eigenvalue weighted by atomic mass is 10.3. The molecular formula is C8H18N2. The Bertz CT molecular complexity index is 110. The molecule has 0 heterocycles. The molecule has 0 aliphatic heterocycles. The minimum absolute atomic E-state index is 0.566. The number of nitrogens with zero attached hydrogens (tertiary/aromatic N) is 1. The second-order valence-corrected chi connectivity index (χ2v) is 2.76. The molecule has 1 unspecified atom stereocenters. The van der Waals surface area contributed by atoms with E-state index in [0.717, 1.165) is 12.1 Å². The third kappa shape index (κ3) is 3.51. The van der Waals surface area contributed by atoms with Crippen LogP contribution in [0.4, 0.5) is 0 Å². The summed E-state index contributed by atoms with van der Waals surface area (Å²) in [7, 11) is 2.03. The zero-order chi connectivity index (χ0) is 8.15. The SMILES string of the molecule is C=C(C)NN(C)C(C)CC. The molecule has 2 heteroatoms. The van der Waals surface area contributed by atoms with E-state index in [1.165, 1.54) is 0 Å². The first-order chi connectivity index (χ1) is 4.57. The van der Waals surface area contributed by atoms with E-state index in [1.54, 1.807) is 0 Å². The Balaban J connectivity index is 3.61. The fourth-order valence-corrected chi connectivity index (χ4v) is 0.685. The van der Waals surface area contributed by atoms with E-state index in [0.29, 0.717) is 6.04 Å². The van der Waals surface area contributed by atoms with Crippen LogP contribution in [0.25, 0.3) is 0 Å². The highest BCUT2D eigenvalue weighted by molar-refractivity contribution is 4.82. The second kappa shape index (κ2) is 4.34.